The highest BCUT2D eigenvalue weighted by Crippen LogP contribution is 2.21. The van der Waals surface area contributed by atoms with Gasteiger partial charge in [0.25, 0.3) is 0 Å². The van der Waals surface area contributed by atoms with Crippen molar-refractivity contribution in [3.8, 4) is 0 Å². The molecular formula is C14H18ClN3OS. The average Bonchev–Trinajstić information content (AvgIpc) is 2.86. The number of aliphatic hydroxyl groups is 1. The zero-order chi connectivity index (χ0) is 14.5. The second-order valence-corrected chi connectivity index (χ2v) is 6.37. The van der Waals surface area contributed by atoms with E-state index in [2.05, 4.69) is 10.1 Å². The molecule has 0 bridgehead atoms. The summed E-state index contributed by atoms with van der Waals surface area (Å²) in [6.07, 6.45) is 1.60. The number of thioether (sulfide) groups is 1. The molecule has 1 aromatic carbocycles. The summed E-state index contributed by atoms with van der Waals surface area (Å²) < 4.78 is 1.84. The van der Waals surface area contributed by atoms with Crippen LogP contribution in [-0.4, -0.2) is 31.7 Å². The highest BCUT2D eigenvalue weighted by atomic mass is 35.5. The predicted molar refractivity (Wildman–Crippen MR) is 82.3 cm³/mol. The van der Waals surface area contributed by atoms with Crippen LogP contribution in [0.3, 0.4) is 0 Å². The van der Waals surface area contributed by atoms with Gasteiger partial charge in [-0.15, -0.1) is 11.8 Å². The van der Waals surface area contributed by atoms with Gasteiger partial charge in [-0.2, -0.15) is 5.10 Å². The van der Waals surface area contributed by atoms with Crippen molar-refractivity contribution in [1.29, 1.82) is 0 Å². The van der Waals surface area contributed by atoms with Crippen LogP contribution in [0, 0.1) is 0 Å². The van der Waals surface area contributed by atoms with Crippen LogP contribution >= 0.6 is 23.4 Å². The van der Waals surface area contributed by atoms with Crippen molar-refractivity contribution in [3.63, 3.8) is 0 Å². The Hall–Kier alpha value is -1.04. The second-order valence-electron chi connectivity index (χ2n) is 4.84. The highest BCUT2D eigenvalue weighted by Gasteiger charge is 2.13. The van der Waals surface area contributed by atoms with E-state index in [9.17, 15) is 5.11 Å². The number of aliphatic hydroxyl groups excluding tert-OH is 1. The van der Waals surface area contributed by atoms with Gasteiger partial charge in [-0.3, -0.25) is 0 Å². The van der Waals surface area contributed by atoms with Crippen LogP contribution < -0.4 is 0 Å². The number of rotatable bonds is 6. The molecule has 1 atom stereocenters. The Morgan fingerprint density at radius 2 is 2.00 bits per heavy atom. The molecule has 0 aliphatic rings. The lowest BCUT2D eigenvalue weighted by atomic mass is 10.2. The summed E-state index contributed by atoms with van der Waals surface area (Å²) >= 11 is 7.45. The molecule has 108 valence electrons. The topological polar surface area (TPSA) is 50.9 Å². The van der Waals surface area contributed by atoms with E-state index in [0.717, 1.165) is 15.7 Å². The Morgan fingerprint density at radius 3 is 2.65 bits per heavy atom. The molecule has 0 amide bonds. The molecular weight excluding hydrogens is 294 g/mol. The molecule has 1 aromatic heterocycles. The molecule has 0 radical (unpaired) electrons. The van der Waals surface area contributed by atoms with E-state index in [4.69, 9.17) is 11.6 Å². The first kappa shape index (κ1) is 15.4. The van der Waals surface area contributed by atoms with Crippen LogP contribution in [0.5, 0.6) is 0 Å². The van der Waals surface area contributed by atoms with Gasteiger partial charge in [0.2, 0.25) is 0 Å². The Kier molecular flexibility index (Phi) is 5.46. The fourth-order valence-corrected chi connectivity index (χ4v) is 2.80. The first-order chi connectivity index (χ1) is 9.56. The van der Waals surface area contributed by atoms with E-state index in [1.54, 1.807) is 11.8 Å². The summed E-state index contributed by atoms with van der Waals surface area (Å²) in [5, 5.41) is 15.0. The fourth-order valence-electron chi connectivity index (χ4n) is 1.84. The van der Waals surface area contributed by atoms with Gasteiger partial charge in [-0.25, -0.2) is 9.67 Å². The Balaban J connectivity index is 1.87. The van der Waals surface area contributed by atoms with E-state index in [1.165, 1.54) is 6.33 Å². The third-order valence-corrected chi connectivity index (χ3v) is 4.22. The number of nitrogens with zero attached hydrogens (tertiary/aromatic N) is 3. The maximum absolute atomic E-state index is 10.1. The second kappa shape index (κ2) is 7.11. The standard InChI is InChI=1S/C14H18ClN3OS/c1-10(2)18-14(16-9-17-18)7-12(19)8-20-13-5-3-11(15)4-6-13/h3-6,9-10,12,19H,7-8H2,1-2H3. The molecule has 0 fully saturated rings. The van der Waals surface area contributed by atoms with Gasteiger partial charge in [-0.1, -0.05) is 11.6 Å². The van der Waals surface area contributed by atoms with Crippen molar-refractivity contribution in [2.45, 2.75) is 37.3 Å². The van der Waals surface area contributed by atoms with Gasteiger partial charge in [0.15, 0.2) is 0 Å². The van der Waals surface area contributed by atoms with E-state index in [-0.39, 0.29) is 6.04 Å². The molecule has 0 aliphatic carbocycles. The SMILES string of the molecule is CC(C)n1ncnc1CC(O)CSc1ccc(Cl)cc1. The summed E-state index contributed by atoms with van der Waals surface area (Å²) in [5.41, 5.74) is 0. The van der Waals surface area contributed by atoms with Gasteiger partial charge < -0.3 is 5.11 Å². The van der Waals surface area contributed by atoms with Gasteiger partial charge in [0, 0.05) is 28.1 Å². The molecule has 0 saturated heterocycles. The Bertz CT molecular complexity index is 542. The molecule has 0 saturated carbocycles. The van der Waals surface area contributed by atoms with Gasteiger partial charge >= 0.3 is 0 Å². The molecule has 4 nitrogen and oxygen atoms in total. The number of benzene rings is 1. The summed E-state index contributed by atoms with van der Waals surface area (Å²) in [6, 6.07) is 7.87. The minimum Gasteiger partial charge on any atom is -0.392 e. The monoisotopic (exact) mass is 311 g/mol. The minimum absolute atomic E-state index is 0.253. The molecule has 2 aromatic rings. The predicted octanol–water partition coefficient (Wildman–Crippen LogP) is 3.21. The average molecular weight is 312 g/mol. The lowest BCUT2D eigenvalue weighted by molar-refractivity contribution is 0.195. The molecule has 20 heavy (non-hydrogen) atoms. The van der Waals surface area contributed by atoms with Crippen LogP contribution in [0.15, 0.2) is 35.5 Å². The van der Waals surface area contributed by atoms with Crippen LogP contribution in [0.1, 0.15) is 25.7 Å². The number of hydrogen-bond acceptors (Lipinski definition) is 4. The lowest BCUT2D eigenvalue weighted by Gasteiger charge is -2.13. The van der Waals surface area contributed by atoms with E-state index in [0.29, 0.717) is 12.2 Å². The molecule has 6 heteroatoms. The molecule has 0 spiro atoms. The van der Waals surface area contributed by atoms with Gasteiger partial charge in [-0.05, 0) is 38.1 Å². The fraction of sp³-hybridized carbons (Fsp3) is 0.429. The molecule has 1 unspecified atom stereocenters. The first-order valence-corrected chi connectivity index (χ1v) is 7.87. The first-order valence-electron chi connectivity index (χ1n) is 6.51. The van der Waals surface area contributed by atoms with E-state index >= 15 is 0 Å². The van der Waals surface area contributed by atoms with Crippen molar-refractivity contribution < 1.29 is 5.11 Å². The van der Waals surface area contributed by atoms with Crippen LogP contribution in [0.4, 0.5) is 0 Å². The number of halogens is 1. The third kappa shape index (κ3) is 4.23. The van der Waals surface area contributed by atoms with E-state index < -0.39 is 6.10 Å². The van der Waals surface area contributed by atoms with Crippen molar-refractivity contribution in [2.24, 2.45) is 0 Å². The smallest absolute Gasteiger partial charge is 0.138 e. The van der Waals surface area contributed by atoms with Crippen molar-refractivity contribution in [1.82, 2.24) is 14.8 Å². The van der Waals surface area contributed by atoms with Crippen molar-refractivity contribution >= 4 is 23.4 Å². The number of aromatic nitrogens is 3. The summed E-state index contributed by atoms with van der Waals surface area (Å²) in [6.45, 7) is 4.10. The zero-order valence-electron chi connectivity index (χ0n) is 11.5. The van der Waals surface area contributed by atoms with Crippen molar-refractivity contribution in [2.75, 3.05) is 5.75 Å². The highest BCUT2D eigenvalue weighted by molar-refractivity contribution is 7.99. The summed E-state index contributed by atoms with van der Waals surface area (Å²) in [5.74, 6) is 1.44. The molecule has 1 heterocycles. The summed E-state index contributed by atoms with van der Waals surface area (Å²) in [7, 11) is 0. The Morgan fingerprint density at radius 1 is 1.30 bits per heavy atom. The van der Waals surface area contributed by atoms with Gasteiger partial charge in [0.1, 0.15) is 12.2 Å². The largest absolute Gasteiger partial charge is 0.392 e. The molecule has 0 aliphatic heterocycles. The third-order valence-electron chi connectivity index (χ3n) is 2.81. The maximum atomic E-state index is 10.1. The molecule has 1 N–H and O–H groups in total. The molecule has 2 rings (SSSR count). The maximum Gasteiger partial charge on any atom is 0.138 e. The Labute approximate surface area is 128 Å². The zero-order valence-corrected chi connectivity index (χ0v) is 13.1. The van der Waals surface area contributed by atoms with Crippen LogP contribution in [0.25, 0.3) is 0 Å². The lowest BCUT2D eigenvalue weighted by Crippen LogP contribution is -2.18. The summed E-state index contributed by atoms with van der Waals surface area (Å²) in [4.78, 5) is 5.31. The number of hydrogen-bond donors (Lipinski definition) is 1. The van der Waals surface area contributed by atoms with Crippen LogP contribution in [0.2, 0.25) is 5.02 Å². The van der Waals surface area contributed by atoms with Crippen LogP contribution in [-0.2, 0) is 6.42 Å². The van der Waals surface area contributed by atoms with Gasteiger partial charge in [0.05, 0.1) is 6.10 Å². The van der Waals surface area contributed by atoms with E-state index in [1.807, 2.05) is 42.8 Å². The minimum atomic E-state index is -0.447. The van der Waals surface area contributed by atoms with Crippen molar-refractivity contribution in [3.05, 3.63) is 41.4 Å². The quantitative estimate of drug-likeness (QED) is 0.832. The normalized spacial score (nSPS) is 12.8.